The normalized spacial score (nSPS) is 17.4. The van der Waals surface area contributed by atoms with Crippen molar-refractivity contribution in [3.05, 3.63) is 41.4 Å². The molecule has 4 rings (SSSR count). The summed E-state index contributed by atoms with van der Waals surface area (Å²) in [5.41, 5.74) is 1.81. The molecule has 0 radical (unpaired) electrons. The fraction of sp³-hybridized carbons (Fsp3) is 0.520. The lowest BCUT2D eigenvalue weighted by molar-refractivity contribution is -0.193. The minimum absolute atomic E-state index is 0.255. The molecule has 13 nitrogen and oxygen atoms in total. The van der Waals surface area contributed by atoms with E-state index in [4.69, 9.17) is 44.2 Å². The zero-order valence-electron chi connectivity index (χ0n) is 24.2. The topological polar surface area (TPSA) is 190 Å². The zero-order valence-corrected chi connectivity index (χ0v) is 24.2. The van der Waals surface area contributed by atoms with Crippen molar-refractivity contribution < 1.29 is 78.5 Å². The Labute approximate surface area is 258 Å². The molecule has 47 heavy (non-hydrogen) atoms. The molecule has 2 aliphatic heterocycles. The van der Waals surface area contributed by atoms with Crippen LogP contribution in [0.2, 0.25) is 0 Å². The van der Waals surface area contributed by atoms with Crippen molar-refractivity contribution in [2.75, 3.05) is 33.3 Å². The summed E-state index contributed by atoms with van der Waals surface area (Å²) in [4.78, 5) is 35.8. The molecule has 2 aromatic rings. The second-order valence-electron chi connectivity index (χ2n) is 9.97. The molecule has 2 aromatic heterocycles. The molecule has 22 heteroatoms. The highest BCUT2D eigenvalue weighted by molar-refractivity contribution is 5.73. The number of carboxylic acids is 3. The van der Waals surface area contributed by atoms with Crippen LogP contribution in [0.1, 0.15) is 23.4 Å². The molecule has 2 fully saturated rings. The summed E-state index contributed by atoms with van der Waals surface area (Å²) in [6.45, 7) is 6.58. The Bertz CT molecular complexity index is 1330. The molecule has 3 N–H and O–H groups in total. The summed E-state index contributed by atoms with van der Waals surface area (Å²) in [6, 6.07) is 7.57. The van der Waals surface area contributed by atoms with E-state index in [0.29, 0.717) is 24.0 Å². The average molecular weight is 695 g/mol. The molecular formula is C25H26F9N5O8. The van der Waals surface area contributed by atoms with Crippen molar-refractivity contribution in [3.63, 3.8) is 0 Å². The Morgan fingerprint density at radius 1 is 1.00 bits per heavy atom. The number of hydrogen-bond donors (Lipinski definition) is 3. The van der Waals surface area contributed by atoms with Gasteiger partial charge in [-0.25, -0.2) is 19.4 Å². The largest absolute Gasteiger partial charge is 0.490 e. The third-order valence-corrected chi connectivity index (χ3v) is 6.17. The highest BCUT2D eigenvalue weighted by atomic mass is 19.4. The number of carboxylic acid groups (broad SMARTS) is 3. The van der Waals surface area contributed by atoms with Gasteiger partial charge < -0.3 is 24.6 Å². The molecule has 0 bridgehead atoms. The van der Waals surface area contributed by atoms with Gasteiger partial charge in [0.25, 0.3) is 0 Å². The number of nitriles is 1. The van der Waals surface area contributed by atoms with E-state index >= 15 is 0 Å². The monoisotopic (exact) mass is 695 g/mol. The second kappa shape index (κ2) is 16.3. The zero-order chi connectivity index (χ0) is 36.4. The van der Waals surface area contributed by atoms with Gasteiger partial charge in [-0.05, 0) is 26.5 Å². The summed E-state index contributed by atoms with van der Waals surface area (Å²) in [7, 11) is 2.21. The summed E-state index contributed by atoms with van der Waals surface area (Å²) in [6.07, 6.45) is -12.6. The van der Waals surface area contributed by atoms with E-state index in [0.717, 1.165) is 44.1 Å². The van der Waals surface area contributed by atoms with Gasteiger partial charge in [-0.1, -0.05) is 5.16 Å². The highest BCUT2D eigenvalue weighted by Gasteiger charge is 2.51. The molecule has 262 valence electrons. The lowest BCUT2D eigenvalue weighted by atomic mass is 9.84. The van der Waals surface area contributed by atoms with Crippen LogP contribution < -0.4 is 4.74 Å². The first-order chi connectivity index (χ1) is 21.4. The van der Waals surface area contributed by atoms with E-state index in [9.17, 15) is 39.5 Å². The van der Waals surface area contributed by atoms with E-state index in [-0.39, 0.29) is 5.54 Å². The number of alkyl halides is 9. The SMILES string of the molecule is Cc1cc(CN2CC3(CC(COc4ccc(C#N)cn4)CN3C)C2)no1.O=C(O)C(F)(F)F.O=C(O)C(F)(F)F.O=C(O)C(F)(F)F. The first kappa shape index (κ1) is 40.4. The molecule has 2 saturated heterocycles. The van der Waals surface area contributed by atoms with Crippen molar-refractivity contribution in [2.24, 2.45) is 5.92 Å². The number of hydrogen-bond acceptors (Lipinski definition) is 10. The standard InChI is InChI=1S/C19H23N5O2.3C2HF3O2/c1-14-5-17(22-26-14)10-24-12-19(13-24)6-16(9-23(19)2)11-25-18-4-3-15(7-20)8-21-18;3*3-2(4,5)1(6)7/h3-5,8,16H,6,9-13H2,1-2H3;3*(H,6,7). The first-order valence-electron chi connectivity index (χ1n) is 12.6. The predicted octanol–water partition coefficient (Wildman–Crippen LogP) is 3.73. The maximum atomic E-state index is 10.6. The fourth-order valence-corrected chi connectivity index (χ4v) is 4.18. The van der Waals surface area contributed by atoms with Crippen molar-refractivity contribution in [3.8, 4) is 11.9 Å². The number of pyridine rings is 1. The molecule has 0 amide bonds. The van der Waals surface area contributed by atoms with Crippen LogP contribution in [0.25, 0.3) is 0 Å². The van der Waals surface area contributed by atoms with E-state index in [2.05, 4.69) is 33.1 Å². The molecule has 1 unspecified atom stereocenters. The van der Waals surface area contributed by atoms with Gasteiger partial charge in [-0.3, -0.25) is 9.80 Å². The van der Waals surface area contributed by atoms with Crippen LogP contribution in [0.15, 0.2) is 28.9 Å². The lowest BCUT2D eigenvalue weighted by Gasteiger charge is -2.51. The molecule has 2 aliphatic rings. The summed E-state index contributed by atoms with van der Waals surface area (Å²) < 4.78 is 106. The third kappa shape index (κ3) is 13.7. The number of aryl methyl sites for hydroxylation is 1. The van der Waals surface area contributed by atoms with Gasteiger partial charge >= 0.3 is 36.4 Å². The molecule has 0 aliphatic carbocycles. The van der Waals surface area contributed by atoms with Gasteiger partial charge in [0, 0.05) is 56.0 Å². The van der Waals surface area contributed by atoms with E-state index < -0.39 is 36.4 Å². The number of nitrogens with zero attached hydrogens (tertiary/aromatic N) is 5. The molecular weight excluding hydrogens is 669 g/mol. The highest BCUT2D eigenvalue weighted by Crippen LogP contribution is 2.40. The molecule has 0 saturated carbocycles. The van der Waals surface area contributed by atoms with Gasteiger partial charge in [0.2, 0.25) is 5.88 Å². The van der Waals surface area contributed by atoms with Gasteiger partial charge in [-0.15, -0.1) is 0 Å². The van der Waals surface area contributed by atoms with Gasteiger partial charge in [0.05, 0.1) is 17.9 Å². The van der Waals surface area contributed by atoms with Gasteiger partial charge in [0.1, 0.15) is 11.8 Å². The maximum absolute atomic E-state index is 10.6. The van der Waals surface area contributed by atoms with Crippen molar-refractivity contribution >= 4 is 17.9 Å². The Hall–Kier alpha value is -4.65. The van der Waals surface area contributed by atoms with Crippen molar-refractivity contribution in [1.29, 1.82) is 5.26 Å². The number of aromatic nitrogens is 2. The molecule has 4 heterocycles. The second-order valence-corrected chi connectivity index (χ2v) is 9.97. The van der Waals surface area contributed by atoms with Crippen LogP contribution in [0, 0.1) is 24.2 Å². The number of rotatable bonds is 5. The van der Waals surface area contributed by atoms with Gasteiger partial charge in [0.15, 0.2) is 0 Å². The lowest BCUT2D eigenvalue weighted by Crippen LogP contribution is -2.66. The Balaban J connectivity index is 0.000000430. The van der Waals surface area contributed by atoms with E-state index in [1.165, 1.54) is 0 Å². The van der Waals surface area contributed by atoms with E-state index in [1.54, 1.807) is 18.3 Å². The number of likely N-dealkylation sites (tertiary alicyclic amines) is 2. The maximum Gasteiger partial charge on any atom is 0.490 e. The molecule has 1 atom stereocenters. The van der Waals surface area contributed by atoms with Crippen molar-refractivity contribution in [2.45, 2.75) is 44.0 Å². The first-order valence-corrected chi connectivity index (χ1v) is 12.6. The summed E-state index contributed by atoms with van der Waals surface area (Å²) in [5.74, 6) is -6.33. The van der Waals surface area contributed by atoms with Crippen molar-refractivity contribution in [1.82, 2.24) is 19.9 Å². The summed E-state index contributed by atoms with van der Waals surface area (Å²) >= 11 is 0. The summed E-state index contributed by atoms with van der Waals surface area (Å²) in [5, 5.41) is 34.3. The minimum atomic E-state index is -5.08. The molecule has 1 spiro atoms. The Morgan fingerprint density at radius 3 is 1.85 bits per heavy atom. The third-order valence-electron chi connectivity index (χ3n) is 6.17. The Kier molecular flexibility index (Phi) is 14.0. The number of aliphatic carboxylic acids is 3. The number of halogens is 9. The number of likely N-dealkylation sites (N-methyl/N-ethyl adjacent to an activating group) is 1. The Morgan fingerprint density at radius 2 is 1.49 bits per heavy atom. The van der Waals surface area contributed by atoms with Crippen LogP contribution in [-0.2, 0) is 20.9 Å². The quantitative estimate of drug-likeness (QED) is 0.384. The molecule has 0 aromatic carbocycles. The average Bonchev–Trinajstić information content (AvgIpc) is 3.49. The van der Waals surface area contributed by atoms with E-state index in [1.807, 2.05) is 13.0 Å². The minimum Gasteiger partial charge on any atom is -0.477 e. The van der Waals surface area contributed by atoms with Gasteiger partial charge in [-0.2, -0.15) is 44.8 Å². The fourth-order valence-electron chi connectivity index (χ4n) is 4.18. The van der Waals surface area contributed by atoms with Crippen LogP contribution in [0.3, 0.4) is 0 Å². The number of ether oxygens (including phenoxy) is 1. The van der Waals surface area contributed by atoms with Crippen LogP contribution in [0.5, 0.6) is 5.88 Å². The van der Waals surface area contributed by atoms with Crippen LogP contribution in [0.4, 0.5) is 39.5 Å². The van der Waals surface area contributed by atoms with Crippen LogP contribution >= 0.6 is 0 Å². The smallest absolute Gasteiger partial charge is 0.477 e. The van der Waals surface area contributed by atoms with Crippen LogP contribution in [-0.4, -0.2) is 111 Å². The number of carbonyl (C=O) groups is 3. The predicted molar refractivity (Wildman–Crippen MR) is 136 cm³/mol.